The van der Waals surface area contributed by atoms with Crippen LogP contribution < -0.4 is 11.1 Å². The fraction of sp³-hybridized carbons (Fsp3) is 0.385. The number of amides is 1. The summed E-state index contributed by atoms with van der Waals surface area (Å²) in [6, 6.07) is 5.18. The van der Waals surface area contributed by atoms with Crippen molar-refractivity contribution in [2.45, 2.75) is 19.4 Å². The fourth-order valence-corrected chi connectivity index (χ4v) is 3.02. The third kappa shape index (κ3) is 2.60. The minimum atomic E-state index is -0.324. The molecule has 0 aliphatic carbocycles. The van der Waals surface area contributed by atoms with Gasteiger partial charge in [-0.2, -0.15) is 5.06 Å². The van der Waals surface area contributed by atoms with Gasteiger partial charge >= 0.3 is 0 Å². The zero-order valence-corrected chi connectivity index (χ0v) is 11.9. The van der Waals surface area contributed by atoms with Crippen LogP contribution in [0.25, 0.3) is 10.2 Å². The Hall–Kier alpha value is -1.70. The van der Waals surface area contributed by atoms with Crippen LogP contribution in [0.2, 0.25) is 0 Å². The lowest BCUT2D eigenvalue weighted by atomic mass is 10.3. The summed E-state index contributed by atoms with van der Waals surface area (Å²) < 4.78 is 0.963. The average molecular weight is 292 g/mol. The lowest BCUT2D eigenvalue weighted by Gasteiger charge is -2.20. The zero-order chi connectivity index (χ0) is 14.1. The number of benzene rings is 1. The van der Waals surface area contributed by atoms with Crippen molar-refractivity contribution in [3.8, 4) is 0 Å². The van der Waals surface area contributed by atoms with Crippen molar-refractivity contribution in [3.05, 3.63) is 18.2 Å². The SMILES string of the molecule is CC(C(=O)Nc1nc2ccc(N)cc2s1)N1CCCO1. The minimum absolute atomic E-state index is 0.112. The first-order chi connectivity index (χ1) is 9.63. The molecule has 1 atom stereocenters. The van der Waals surface area contributed by atoms with Crippen LogP contribution in [0, 0.1) is 0 Å². The van der Waals surface area contributed by atoms with E-state index in [2.05, 4.69) is 10.3 Å². The number of hydroxylamine groups is 2. The molecule has 1 unspecified atom stereocenters. The molecule has 0 bridgehead atoms. The summed E-state index contributed by atoms with van der Waals surface area (Å²) in [7, 11) is 0. The van der Waals surface area contributed by atoms with Crippen LogP contribution in [0.1, 0.15) is 13.3 Å². The third-order valence-corrected chi connectivity index (χ3v) is 4.17. The van der Waals surface area contributed by atoms with Gasteiger partial charge in [0.05, 0.1) is 16.8 Å². The molecule has 1 saturated heterocycles. The van der Waals surface area contributed by atoms with Crippen molar-refractivity contribution < 1.29 is 9.63 Å². The summed E-state index contributed by atoms with van der Waals surface area (Å²) in [5.41, 5.74) is 7.26. The molecule has 0 saturated carbocycles. The number of aromatic nitrogens is 1. The number of nitrogens with one attached hydrogen (secondary N) is 1. The molecule has 3 N–H and O–H groups in total. The van der Waals surface area contributed by atoms with Crippen LogP contribution in [0.4, 0.5) is 10.8 Å². The van der Waals surface area contributed by atoms with Gasteiger partial charge in [0.25, 0.3) is 0 Å². The van der Waals surface area contributed by atoms with Crippen LogP contribution in [0.5, 0.6) is 0 Å². The van der Waals surface area contributed by atoms with E-state index in [1.807, 2.05) is 19.1 Å². The maximum atomic E-state index is 12.2. The van der Waals surface area contributed by atoms with Gasteiger partial charge in [0.15, 0.2) is 5.13 Å². The number of thiazole rings is 1. The molecule has 1 amide bonds. The summed E-state index contributed by atoms with van der Waals surface area (Å²) in [6.45, 7) is 3.29. The van der Waals surface area contributed by atoms with E-state index < -0.39 is 0 Å². The van der Waals surface area contributed by atoms with E-state index in [1.54, 1.807) is 11.1 Å². The Morgan fingerprint density at radius 2 is 2.45 bits per heavy atom. The molecule has 2 heterocycles. The summed E-state index contributed by atoms with van der Waals surface area (Å²) >= 11 is 1.42. The van der Waals surface area contributed by atoms with Crippen LogP contribution in [-0.4, -0.2) is 35.1 Å². The monoisotopic (exact) mass is 292 g/mol. The number of hydrogen-bond acceptors (Lipinski definition) is 6. The second-order valence-corrected chi connectivity index (χ2v) is 5.77. The fourth-order valence-electron chi connectivity index (χ4n) is 2.11. The van der Waals surface area contributed by atoms with Gasteiger partial charge in [0.1, 0.15) is 6.04 Å². The Bertz CT molecular complexity index is 636. The first kappa shape index (κ1) is 13.3. The highest BCUT2D eigenvalue weighted by molar-refractivity contribution is 7.22. The van der Waals surface area contributed by atoms with Gasteiger partial charge in [-0.05, 0) is 31.5 Å². The maximum Gasteiger partial charge on any atom is 0.245 e. The Morgan fingerprint density at radius 3 is 3.20 bits per heavy atom. The molecule has 1 aromatic heterocycles. The molecule has 106 valence electrons. The highest BCUT2D eigenvalue weighted by Gasteiger charge is 2.25. The highest BCUT2D eigenvalue weighted by Crippen LogP contribution is 2.27. The van der Waals surface area contributed by atoms with Gasteiger partial charge in [-0.25, -0.2) is 4.98 Å². The summed E-state index contributed by atoms with van der Waals surface area (Å²) in [6.07, 6.45) is 0.956. The second-order valence-electron chi connectivity index (χ2n) is 4.74. The molecule has 0 spiro atoms. The molecule has 2 aromatic rings. The molecule has 3 rings (SSSR count). The number of rotatable bonds is 3. The van der Waals surface area contributed by atoms with Gasteiger partial charge in [0.2, 0.25) is 5.91 Å². The molecular weight excluding hydrogens is 276 g/mol. The Labute approximate surface area is 120 Å². The van der Waals surface area contributed by atoms with Crippen molar-refractivity contribution >= 4 is 38.3 Å². The number of carbonyl (C=O) groups is 1. The molecule has 1 aromatic carbocycles. The quantitative estimate of drug-likeness (QED) is 0.844. The second kappa shape index (κ2) is 5.35. The van der Waals surface area contributed by atoms with Gasteiger partial charge in [-0.3, -0.25) is 9.63 Å². The van der Waals surface area contributed by atoms with Crippen LogP contribution in [-0.2, 0) is 9.63 Å². The smallest absolute Gasteiger partial charge is 0.245 e. The number of anilines is 2. The summed E-state index contributed by atoms with van der Waals surface area (Å²) in [5.74, 6) is -0.112. The predicted molar refractivity (Wildman–Crippen MR) is 79.4 cm³/mol. The normalized spacial score (nSPS) is 17.4. The lowest BCUT2D eigenvalue weighted by Crippen LogP contribution is -2.39. The van der Waals surface area contributed by atoms with Crippen molar-refractivity contribution in [2.24, 2.45) is 0 Å². The molecule has 1 aliphatic rings. The maximum absolute atomic E-state index is 12.2. The number of nitrogens with zero attached hydrogens (tertiary/aromatic N) is 2. The van der Waals surface area contributed by atoms with Crippen molar-refractivity contribution in [2.75, 3.05) is 24.2 Å². The summed E-state index contributed by atoms with van der Waals surface area (Å²) in [4.78, 5) is 21.9. The van der Waals surface area contributed by atoms with Crippen molar-refractivity contribution in [3.63, 3.8) is 0 Å². The standard InChI is InChI=1S/C13H16N4O2S/c1-8(17-5-2-6-19-17)12(18)16-13-15-10-4-3-9(14)7-11(10)20-13/h3-4,7-8H,2,5-6,14H2,1H3,(H,15,16,18). The predicted octanol–water partition coefficient (Wildman–Crippen LogP) is 1.84. The topological polar surface area (TPSA) is 80.5 Å². The van der Waals surface area contributed by atoms with Crippen LogP contribution >= 0.6 is 11.3 Å². The zero-order valence-electron chi connectivity index (χ0n) is 11.1. The van der Waals surface area contributed by atoms with E-state index in [4.69, 9.17) is 10.6 Å². The van der Waals surface area contributed by atoms with Gasteiger partial charge in [-0.1, -0.05) is 11.3 Å². The molecule has 20 heavy (non-hydrogen) atoms. The minimum Gasteiger partial charge on any atom is -0.399 e. The molecule has 7 heteroatoms. The van der Waals surface area contributed by atoms with Crippen LogP contribution in [0.3, 0.4) is 0 Å². The van der Waals surface area contributed by atoms with Gasteiger partial charge < -0.3 is 11.1 Å². The van der Waals surface area contributed by atoms with Crippen molar-refractivity contribution in [1.29, 1.82) is 0 Å². The Balaban J connectivity index is 1.73. The Morgan fingerprint density at radius 1 is 1.60 bits per heavy atom. The summed E-state index contributed by atoms with van der Waals surface area (Å²) in [5, 5.41) is 5.13. The molecule has 1 aliphatic heterocycles. The molecule has 6 nitrogen and oxygen atoms in total. The molecule has 1 fully saturated rings. The number of nitrogens with two attached hydrogens (primary N) is 1. The van der Waals surface area contributed by atoms with E-state index >= 15 is 0 Å². The van der Waals surface area contributed by atoms with Gasteiger partial charge in [0, 0.05) is 12.2 Å². The van der Waals surface area contributed by atoms with E-state index in [-0.39, 0.29) is 11.9 Å². The average Bonchev–Trinajstić information content (AvgIpc) is 3.05. The number of hydrogen-bond donors (Lipinski definition) is 2. The van der Waals surface area contributed by atoms with E-state index in [1.165, 1.54) is 11.3 Å². The third-order valence-electron chi connectivity index (χ3n) is 3.23. The van der Waals surface area contributed by atoms with Gasteiger partial charge in [-0.15, -0.1) is 0 Å². The number of nitrogen functional groups attached to an aromatic ring is 1. The first-order valence-corrected chi connectivity index (χ1v) is 7.31. The van der Waals surface area contributed by atoms with Crippen molar-refractivity contribution in [1.82, 2.24) is 10.0 Å². The highest BCUT2D eigenvalue weighted by atomic mass is 32.1. The molecule has 0 radical (unpaired) electrons. The largest absolute Gasteiger partial charge is 0.399 e. The van der Waals surface area contributed by atoms with E-state index in [0.29, 0.717) is 17.4 Å². The first-order valence-electron chi connectivity index (χ1n) is 6.50. The Kier molecular flexibility index (Phi) is 3.56. The van der Waals surface area contributed by atoms with E-state index in [0.717, 1.165) is 23.2 Å². The van der Waals surface area contributed by atoms with Crippen LogP contribution in [0.15, 0.2) is 18.2 Å². The number of fused-ring (bicyclic) bond motifs is 1. The lowest BCUT2D eigenvalue weighted by molar-refractivity contribution is -0.154. The number of carbonyl (C=O) groups excluding carboxylic acids is 1. The van der Waals surface area contributed by atoms with E-state index in [9.17, 15) is 4.79 Å². The molecular formula is C13H16N4O2S.